The standard InChI is InChI=1S/C18H15ClF3N3O2/c1-9-4-10(2-3-14(9)16(24)26)15-8-17(27-25-15,18(20,21)22)11-5-12(19)7-13(23)6-11/h2-7H,8,23H2,1H3,(H2,24,26). The zero-order valence-electron chi connectivity index (χ0n) is 14.1. The van der Waals surface area contributed by atoms with E-state index in [1.54, 1.807) is 13.0 Å². The van der Waals surface area contributed by atoms with Crippen molar-refractivity contribution in [2.24, 2.45) is 10.9 Å². The van der Waals surface area contributed by atoms with E-state index in [-0.39, 0.29) is 27.5 Å². The zero-order valence-corrected chi connectivity index (χ0v) is 14.9. The van der Waals surface area contributed by atoms with Crippen LogP contribution in [0, 0.1) is 6.92 Å². The number of hydrogen-bond donors (Lipinski definition) is 2. The van der Waals surface area contributed by atoms with Crippen LogP contribution in [0.4, 0.5) is 18.9 Å². The predicted molar refractivity (Wildman–Crippen MR) is 95.5 cm³/mol. The van der Waals surface area contributed by atoms with Crippen molar-refractivity contribution >= 4 is 28.9 Å². The zero-order chi connectivity index (χ0) is 20.0. The van der Waals surface area contributed by atoms with Crippen LogP contribution in [0.3, 0.4) is 0 Å². The van der Waals surface area contributed by atoms with Crippen molar-refractivity contribution in [3.63, 3.8) is 0 Å². The Balaban J connectivity index is 2.02. The van der Waals surface area contributed by atoms with Crippen molar-refractivity contribution in [3.8, 4) is 0 Å². The fourth-order valence-electron chi connectivity index (χ4n) is 3.02. The van der Waals surface area contributed by atoms with E-state index in [1.165, 1.54) is 24.3 Å². The first-order valence-electron chi connectivity index (χ1n) is 7.82. The number of hydrogen-bond acceptors (Lipinski definition) is 4. The molecule has 1 atom stereocenters. The van der Waals surface area contributed by atoms with Crippen molar-refractivity contribution in [1.82, 2.24) is 0 Å². The summed E-state index contributed by atoms with van der Waals surface area (Å²) in [5.41, 5.74) is 9.36. The van der Waals surface area contributed by atoms with Gasteiger partial charge in [0.05, 0.1) is 5.71 Å². The quantitative estimate of drug-likeness (QED) is 0.769. The summed E-state index contributed by atoms with van der Waals surface area (Å²) >= 11 is 5.88. The molecule has 2 aromatic rings. The second kappa shape index (κ2) is 6.45. The Kier molecular flexibility index (Phi) is 4.55. The molecule has 1 heterocycles. The number of amides is 1. The Morgan fingerprint density at radius 3 is 2.52 bits per heavy atom. The SMILES string of the molecule is Cc1cc(C2=NOC(c3cc(N)cc(Cl)c3)(C(F)(F)F)C2)ccc1C(N)=O. The fourth-order valence-corrected chi connectivity index (χ4v) is 3.27. The summed E-state index contributed by atoms with van der Waals surface area (Å²) in [6, 6.07) is 8.14. The van der Waals surface area contributed by atoms with Gasteiger partial charge < -0.3 is 16.3 Å². The van der Waals surface area contributed by atoms with E-state index < -0.39 is 24.1 Å². The largest absolute Gasteiger partial charge is 0.435 e. The van der Waals surface area contributed by atoms with Crippen molar-refractivity contribution < 1.29 is 22.8 Å². The molecule has 0 aromatic heterocycles. The van der Waals surface area contributed by atoms with E-state index in [0.29, 0.717) is 11.1 Å². The first-order chi connectivity index (χ1) is 12.5. The molecule has 0 saturated heterocycles. The maximum Gasteiger partial charge on any atom is 0.435 e. The lowest BCUT2D eigenvalue weighted by molar-refractivity contribution is -0.275. The highest BCUT2D eigenvalue weighted by molar-refractivity contribution is 6.30. The summed E-state index contributed by atoms with van der Waals surface area (Å²) in [6.07, 6.45) is -5.33. The molecule has 0 fully saturated rings. The maximum absolute atomic E-state index is 14.0. The molecule has 142 valence electrons. The molecule has 27 heavy (non-hydrogen) atoms. The van der Waals surface area contributed by atoms with Crippen molar-refractivity contribution in [3.05, 3.63) is 63.7 Å². The molecule has 0 bridgehead atoms. The smallest absolute Gasteiger partial charge is 0.399 e. The van der Waals surface area contributed by atoms with Crippen molar-refractivity contribution in [1.29, 1.82) is 0 Å². The molecule has 0 saturated carbocycles. The summed E-state index contributed by atoms with van der Waals surface area (Å²) in [5, 5.41) is 3.74. The number of benzene rings is 2. The molecular formula is C18H15ClF3N3O2. The highest BCUT2D eigenvalue weighted by Crippen LogP contribution is 2.49. The van der Waals surface area contributed by atoms with E-state index in [2.05, 4.69) is 5.16 Å². The number of aryl methyl sites for hydroxylation is 1. The van der Waals surface area contributed by atoms with Gasteiger partial charge in [0.1, 0.15) is 0 Å². The summed E-state index contributed by atoms with van der Waals surface area (Å²) < 4.78 is 41.9. The van der Waals surface area contributed by atoms with Crippen LogP contribution in [0.25, 0.3) is 0 Å². The monoisotopic (exact) mass is 397 g/mol. The summed E-state index contributed by atoms with van der Waals surface area (Å²) in [5.74, 6) is -0.622. The molecule has 5 nitrogen and oxygen atoms in total. The second-order valence-corrected chi connectivity index (χ2v) is 6.73. The fraction of sp³-hybridized carbons (Fsp3) is 0.222. The van der Waals surface area contributed by atoms with E-state index in [0.717, 1.165) is 6.07 Å². The lowest BCUT2D eigenvalue weighted by Crippen LogP contribution is -2.42. The molecule has 1 amide bonds. The van der Waals surface area contributed by atoms with Gasteiger partial charge in [-0.15, -0.1) is 0 Å². The van der Waals surface area contributed by atoms with E-state index in [4.69, 9.17) is 27.9 Å². The number of rotatable bonds is 3. The minimum Gasteiger partial charge on any atom is -0.399 e. The van der Waals surface area contributed by atoms with Crippen molar-refractivity contribution in [2.45, 2.75) is 25.1 Å². The van der Waals surface area contributed by atoms with Crippen LogP contribution < -0.4 is 11.5 Å². The summed E-state index contributed by atoms with van der Waals surface area (Å²) in [6.45, 7) is 1.63. The van der Waals surface area contributed by atoms with Gasteiger partial charge in [-0.1, -0.05) is 22.8 Å². The number of primary amides is 1. The Hall–Kier alpha value is -2.74. The number of nitrogens with zero attached hydrogens (tertiary/aromatic N) is 1. The molecule has 3 rings (SSSR count). The van der Waals surface area contributed by atoms with Gasteiger partial charge in [0.25, 0.3) is 5.60 Å². The number of halogens is 4. The molecule has 4 N–H and O–H groups in total. The minimum atomic E-state index is -4.77. The lowest BCUT2D eigenvalue weighted by atomic mass is 9.86. The number of alkyl halides is 3. The van der Waals surface area contributed by atoms with Crippen LogP contribution in [0.5, 0.6) is 0 Å². The third-order valence-electron chi connectivity index (χ3n) is 4.40. The van der Waals surface area contributed by atoms with Gasteiger partial charge in [0.2, 0.25) is 5.91 Å². The Morgan fingerprint density at radius 2 is 1.96 bits per heavy atom. The average Bonchev–Trinajstić information content (AvgIpc) is 3.00. The van der Waals surface area contributed by atoms with Gasteiger partial charge in [-0.2, -0.15) is 13.2 Å². The van der Waals surface area contributed by atoms with Crippen LogP contribution in [-0.2, 0) is 10.4 Å². The highest BCUT2D eigenvalue weighted by atomic mass is 35.5. The van der Waals surface area contributed by atoms with Gasteiger partial charge in [0.15, 0.2) is 0 Å². The number of carbonyl (C=O) groups excluding carboxylic acids is 1. The van der Waals surface area contributed by atoms with E-state index in [1.807, 2.05) is 0 Å². The number of nitrogen functional groups attached to an aromatic ring is 1. The first-order valence-corrected chi connectivity index (χ1v) is 8.20. The topological polar surface area (TPSA) is 90.7 Å². The van der Waals surface area contributed by atoms with E-state index in [9.17, 15) is 18.0 Å². The molecule has 0 spiro atoms. The Morgan fingerprint density at radius 1 is 1.26 bits per heavy atom. The number of anilines is 1. The summed E-state index contributed by atoms with van der Waals surface area (Å²) in [7, 11) is 0. The molecule has 1 unspecified atom stereocenters. The predicted octanol–water partition coefficient (Wildman–Crippen LogP) is 3.91. The summed E-state index contributed by atoms with van der Waals surface area (Å²) in [4.78, 5) is 16.3. The molecule has 1 aliphatic rings. The molecule has 9 heteroatoms. The minimum absolute atomic E-state index is 0.0623. The van der Waals surface area contributed by atoms with Crippen LogP contribution in [0.15, 0.2) is 41.6 Å². The number of oxime groups is 1. The van der Waals surface area contributed by atoms with Gasteiger partial charge in [0, 0.05) is 28.3 Å². The van der Waals surface area contributed by atoms with Gasteiger partial charge in [-0.25, -0.2) is 0 Å². The van der Waals surface area contributed by atoms with Crippen LogP contribution >= 0.6 is 11.6 Å². The van der Waals surface area contributed by atoms with Crippen LogP contribution in [0.1, 0.15) is 33.5 Å². The maximum atomic E-state index is 14.0. The molecule has 2 aromatic carbocycles. The Bertz CT molecular complexity index is 939. The molecule has 1 aliphatic heterocycles. The molecular weight excluding hydrogens is 383 g/mol. The third-order valence-corrected chi connectivity index (χ3v) is 4.62. The van der Waals surface area contributed by atoms with Crippen LogP contribution in [-0.4, -0.2) is 17.8 Å². The first kappa shape index (κ1) is 19.0. The normalized spacial score (nSPS) is 19.5. The highest BCUT2D eigenvalue weighted by Gasteiger charge is 2.62. The second-order valence-electron chi connectivity index (χ2n) is 6.30. The average molecular weight is 398 g/mol. The van der Waals surface area contributed by atoms with Crippen molar-refractivity contribution in [2.75, 3.05) is 5.73 Å². The van der Waals surface area contributed by atoms with Gasteiger partial charge in [-0.3, -0.25) is 4.79 Å². The molecule has 0 aliphatic carbocycles. The van der Waals surface area contributed by atoms with Gasteiger partial charge >= 0.3 is 6.18 Å². The third kappa shape index (κ3) is 3.32. The van der Waals surface area contributed by atoms with Gasteiger partial charge in [-0.05, 0) is 48.4 Å². The van der Waals surface area contributed by atoms with Crippen LogP contribution in [0.2, 0.25) is 5.02 Å². The lowest BCUT2D eigenvalue weighted by Gasteiger charge is -2.29. The number of carbonyl (C=O) groups is 1. The number of nitrogens with two attached hydrogens (primary N) is 2. The Labute approximate surface area is 157 Å². The molecule has 0 radical (unpaired) electrons. The van der Waals surface area contributed by atoms with E-state index >= 15 is 0 Å².